The molecule has 1 saturated carbocycles. The molecule has 158 valence electrons. The van der Waals surface area contributed by atoms with E-state index >= 15 is 0 Å². The zero-order chi connectivity index (χ0) is 19.9. The van der Waals surface area contributed by atoms with Crippen molar-refractivity contribution in [3.05, 3.63) is 35.9 Å². The summed E-state index contributed by atoms with van der Waals surface area (Å²) in [6.07, 6.45) is 3.60. The van der Waals surface area contributed by atoms with Gasteiger partial charge >= 0.3 is 7.82 Å². The van der Waals surface area contributed by atoms with E-state index in [9.17, 15) is 4.57 Å². The molecule has 0 unspecified atom stereocenters. The molecular weight excluding hydrogens is 383 g/mol. The van der Waals surface area contributed by atoms with Crippen molar-refractivity contribution < 1.29 is 32.3 Å². The Morgan fingerprint density at radius 1 is 1.11 bits per heavy atom. The molecule has 28 heavy (non-hydrogen) atoms. The second kappa shape index (κ2) is 10.3. The zero-order valence-electron chi connectivity index (χ0n) is 16.7. The maximum absolute atomic E-state index is 12.9. The predicted octanol–water partition coefficient (Wildman–Crippen LogP) is 4.80. The van der Waals surface area contributed by atoms with Gasteiger partial charge in [0.05, 0.1) is 26.4 Å². The molecule has 1 spiro atoms. The van der Waals surface area contributed by atoms with Gasteiger partial charge in [-0.1, -0.05) is 36.8 Å². The smallest absolute Gasteiger partial charge is 0.347 e. The molecule has 2 atom stereocenters. The Kier molecular flexibility index (Phi) is 8.06. The first-order valence-corrected chi connectivity index (χ1v) is 11.6. The summed E-state index contributed by atoms with van der Waals surface area (Å²) in [6, 6.07) is 9.72. The maximum atomic E-state index is 12.9. The summed E-state index contributed by atoms with van der Waals surface area (Å²) in [5.74, 6) is -0.581. The van der Waals surface area contributed by atoms with E-state index in [2.05, 4.69) is 0 Å². The van der Waals surface area contributed by atoms with E-state index in [4.69, 9.17) is 27.8 Å². The maximum Gasteiger partial charge on any atom is 0.477 e. The van der Waals surface area contributed by atoms with Gasteiger partial charge in [-0.05, 0) is 32.3 Å². The standard InChI is InChI=1S/C20H31O7P/c1-3-24-28(21,25-4-2)27-19(22-15-17-11-7-5-8-12-17)18-16-23-20(26-18)13-9-6-10-14-20/h5,7-8,11-12,18-19H,3-4,6,9-10,13-16H2,1-2H3/t18-,19+/m1/s1. The van der Waals surface area contributed by atoms with Crippen molar-refractivity contribution in [2.45, 2.75) is 70.7 Å². The van der Waals surface area contributed by atoms with Crippen molar-refractivity contribution in [3.8, 4) is 0 Å². The van der Waals surface area contributed by atoms with Crippen molar-refractivity contribution in [1.29, 1.82) is 0 Å². The number of benzene rings is 1. The van der Waals surface area contributed by atoms with Crippen LogP contribution in [0.1, 0.15) is 51.5 Å². The van der Waals surface area contributed by atoms with E-state index in [0.717, 1.165) is 31.2 Å². The summed E-state index contributed by atoms with van der Waals surface area (Å²) in [6.45, 7) is 4.49. The Morgan fingerprint density at radius 3 is 2.43 bits per heavy atom. The molecule has 1 aliphatic heterocycles. The van der Waals surface area contributed by atoms with Gasteiger partial charge in [0.2, 0.25) is 0 Å². The van der Waals surface area contributed by atoms with Crippen LogP contribution in [0.2, 0.25) is 0 Å². The van der Waals surface area contributed by atoms with Gasteiger partial charge in [0.15, 0.2) is 12.1 Å². The number of phosphoric ester groups is 1. The van der Waals surface area contributed by atoms with Crippen LogP contribution in [0.4, 0.5) is 0 Å². The van der Waals surface area contributed by atoms with Gasteiger partial charge in [-0.2, -0.15) is 0 Å². The van der Waals surface area contributed by atoms with Gasteiger partial charge < -0.3 is 14.2 Å². The lowest BCUT2D eigenvalue weighted by Gasteiger charge is -2.33. The van der Waals surface area contributed by atoms with Crippen LogP contribution in [0.3, 0.4) is 0 Å². The monoisotopic (exact) mass is 414 g/mol. The first-order valence-electron chi connectivity index (χ1n) is 10.1. The van der Waals surface area contributed by atoms with Crippen LogP contribution < -0.4 is 0 Å². The Morgan fingerprint density at radius 2 is 1.79 bits per heavy atom. The molecule has 0 radical (unpaired) electrons. The van der Waals surface area contributed by atoms with Crippen molar-refractivity contribution in [1.82, 2.24) is 0 Å². The molecule has 1 aliphatic carbocycles. The highest BCUT2D eigenvalue weighted by atomic mass is 31.2. The number of rotatable bonds is 10. The fourth-order valence-electron chi connectivity index (χ4n) is 3.56. The number of phosphoric acid groups is 1. The third-order valence-corrected chi connectivity index (χ3v) is 6.48. The summed E-state index contributed by atoms with van der Waals surface area (Å²) >= 11 is 0. The fraction of sp³-hybridized carbons (Fsp3) is 0.700. The van der Waals surface area contributed by atoms with Crippen molar-refractivity contribution in [2.75, 3.05) is 19.8 Å². The Labute approximate surface area is 167 Å². The molecule has 1 heterocycles. The third kappa shape index (κ3) is 5.86. The number of hydrogen-bond donors (Lipinski definition) is 0. The van der Waals surface area contributed by atoms with Gasteiger partial charge in [-0.25, -0.2) is 4.57 Å². The largest absolute Gasteiger partial charge is 0.477 e. The van der Waals surface area contributed by atoms with Crippen molar-refractivity contribution in [2.24, 2.45) is 0 Å². The van der Waals surface area contributed by atoms with E-state index in [1.54, 1.807) is 13.8 Å². The van der Waals surface area contributed by atoms with Gasteiger partial charge in [0, 0.05) is 12.8 Å². The van der Waals surface area contributed by atoms with Crippen LogP contribution in [0.15, 0.2) is 30.3 Å². The minimum absolute atomic E-state index is 0.203. The minimum Gasteiger partial charge on any atom is -0.347 e. The summed E-state index contributed by atoms with van der Waals surface area (Å²) < 4.78 is 47.4. The van der Waals surface area contributed by atoms with E-state index in [0.29, 0.717) is 6.61 Å². The molecule has 7 nitrogen and oxygen atoms in total. The van der Waals surface area contributed by atoms with Crippen LogP contribution in [-0.2, 0) is 39.0 Å². The first kappa shape index (κ1) is 21.9. The summed E-state index contributed by atoms with van der Waals surface area (Å²) in [7, 11) is -3.76. The second-order valence-electron chi connectivity index (χ2n) is 6.99. The fourth-order valence-corrected chi connectivity index (χ4v) is 4.84. The lowest BCUT2D eigenvalue weighted by molar-refractivity contribution is -0.224. The topological polar surface area (TPSA) is 72.5 Å². The van der Waals surface area contributed by atoms with Crippen LogP contribution in [0, 0.1) is 0 Å². The minimum atomic E-state index is -3.76. The van der Waals surface area contributed by atoms with Crippen molar-refractivity contribution in [3.63, 3.8) is 0 Å². The quantitative estimate of drug-likeness (QED) is 0.402. The number of ether oxygens (including phenoxy) is 3. The highest BCUT2D eigenvalue weighted by Gasteiger charge is 2.47. The first-order chi connectivity index (χ1) is 13.6. The third-order valence-electron chi connectivity index (χ3n) is 4.86. The molecule has 1 aromatic carbocycles. The van der Waals surface area contributed by atoms with E-state index < -0.39 is 26.0 Å². The molecule has 1 aromatic rings. The van der Waals surface area contributed by atoms with Gasteiger partial charge in [-0.3, -0.25) is 13.6 Å². The summed E-state index contributed by atoms with van der Waals surface area (Å²) in [4.78, 5) is 0. The van der Waals surface area contributed by atoms with Crippen LogP contribution in [-0.4, -0.2) is 38.0 Å². The molecule has 1 saturated heterocycles. The van der Waals surface area contributed by atoms with Gasteiger partial charge in [0.1, 0.15) is 6.10 Å². The average Bonchev–Trinajstić information content (AvgIpc) is 3.10. The van der Waals surface area contributed by atoms with Crippen molar-refractivity contribution >= 4 is 7.82 Å². The van der Waals surface area contributed by atoms with Gasteiger partial charge in [0.25, 0.3) is 0 Å². The molecule has 0 amide bonds. The number of hydrogen-bond acceptors (Lipinski definition) is 7. The Balaban J connectivity index is 1.71. The molecule has 0 N–H and O–H groups in total. The second-order valence-corrected chi connectivity index (χ2v) is 8.61. The molecule has 2 aliphatic rings. The van der Waals surface area contributed by atoms with E-state index in [1.807, 2.05) is 30.3 Å². The van der Waals surface area contributed by atoms with Crippen LogP contribution in [0.25, 0.3) is 0 Å². The Bertz CT molecular complexity index is 623. The molecule has 3 rings (SSSR count). The molecule has 2 fully saturated rings. The summed E-state index contributed by atoms with van der Waals surface area (Å²) in [5, 5.41) is 0. The summed E-state index contributed by atoms with van der Waals surface area (Å²) in [5.41, 5.74) is 0.977. The van der Waals surface area contributed by atoms with Crippen LogP contribution >= 0.6 is 7.82 Å². The van der Waals surface area contributed by atoms with E-state index in [1.165, 1.54) is 6.42 Å². The highest BCUT2D eigenvalue weighted by Crippen LogP contribution is 2.52. The molecule has 8 heteroatoms. The lowest BCUT2D eigenvalue weighted by Crippen LogP contribution is -2.38. The van der Waals surface area contributed by atoms with Gasteiger partial charge in [-0.15, -0.1) is 0 Å². The molecular formula is C20H31O7P. The normalized spacial score (nSPS) is 23.1. The van der Waals surface area contributed by atoms with Crippen LogP contribution in [0.5, 0.6) is 0 Å². The average molecular weight is 414 g/mol. The molecule has 0 bridgehead atoms. The highest BCUT2D eigenvalue weighted by molar-refractivity contribution is 7.48. The Hall–Kier alpha value is -0.790. The molecule has 0 aromatic heterocycles. The SMILES string of the molecule is CCOP(=O)(OCC)O[C@H](OCc1ccccc1)[C@H]1COC2(CCCCC2)O1. The zero-order valence-corrected chi connectivity index (χ0v) is 17.6. The van der Waals surface area contributed by atoms with E-state index in [-0.39, 0.29) is 19.8 Å². The predicted molar refractivity (Wildman–Crippen MR) is 104 cm³/mol. The lowest BCUT2D eigenvalue weighted by atomic mass is 9.94.